The standard InChI is InChI=1S/C21H21FN2O3S/c1-14-9-10-18(26-2)15(12-14)17-13-28-21(23-17)24-20(25)8-5-11-27-19-7-4-3-6-16(19)22/h3-4,6-7,9-10,12-13H,5,8,11H2,1-2H3,(H,23,24,25). The lowest BCUT2D eigenvalue weighted by molar-refractivity contribution is -0.116. The predicted octanol–water partition coefficient (Wildman–Crippen LogP) is 5.06. The third-order valence-corrected chi connectivity index (χ3v) is 4.78. The summed E-state index contributed by atoms with van der Waals surface area (Å²) in [4.78, 5) is 16.6. The first kappa shape index (κ1) is 19.8. The number of nitrogens with one attached hydrogen (secondary N) is 1. The number of nitrogens with zero attached hydrogens (tertiary/aromatic N) is 1. The topological polar surface area (TPSA) is 60.5 Å². The number of carbonyl (C=O) groups is 1. The highest BCUT2D eigenvalue weighted by Gasteiger charge is 2.12. The minimum Gasteiger partial charge on any atom is -0.496 e. The molecule has 0 atom stereocenters. The van der Waals surface area contributed by atoms with E-state index in [1.165, 1.54) is 17.4 Å². The number of hydrogen-bond donors (Lipinski definition) is 1. The third kappa shape index (κ3) is 5.07. The lowest BCUT2D eigenvalue weighted by Crippen LogP contribution is -2.12. The molecule has 1 N–H and O–H groups in total. The van der Waals surface area contributed by atoms with Crippen LogP contribution in [0.25, 0.3) is 11.3 Å². The molecule has 0 saturated carbocycles. The van der Waals surface area contributed by atoms with Crippen LogP contribution in [-0.4, -0.2) is 24.6 Å². The molecule has 3 aromatic rings. The molecule has 2 aromatic carbocycles. The average molecular weight is 400 g/mol. The van der Waals surface area contributed by atoms with E-state index in [4.69, 9.17) is 9.47 Å². The van der Waals surface area contributed by atoms with Gasteiger partial charge in [-0.15, -0.1) is 11.3 Å². The van der Waals surface area contributed by atoms with Crippen molar-refractivity contribution in [3.8, 4) is 22.8 Å². The number of amides is 1. The Kier molecular flexibility index (Phi) is 6.60. The lowest BCUT2D eigenvalue weighted by atomic mass is 10.1. The zero-order valence-corrected chi connectivity index (χ0v) is 16.5. The SMILES string of the molecule is COc1ccc(C)cc1-c1csc(NC(=O)CCCOc2ccccc2F)n1. The molecular weight excluding hydrogens is 379 g/mol. The molecule has 0 fully saturated rings. The van der Waals surface area contributed by atoms with Crippen LogP contribution < -0.4 is 14.8 Å². The zero-order valence-electron chi connectivity index (χ0n) is 15.7. The minimum atomic E-state index is -0.408. The number of methoxy groups -OCH3 is 1. The van der Waals surface area contributed by atoms with E-state index in [0.717, 1.165) is 22.6 Å². The van der Waals surface area contributed by atoms with Gasteiger partial charge >= 0.3 is 0 Å². The molecule has 28 heavy (non-hydrogen) atoms. The maximum absolute atomic E-state index is 13.5. The number of hydrogen-bond acceptors (Lipinski definition) is 5. The van der Waals surface area contributed by atoms with Gasteiger partial charge in [0.05, 0.1) is 19.4 Å². The number of para-hydroxylation sites is 1. The van der Waals surface area contributed by atoms with Crippen LogP contribution in [0.15, 0.2) is 47.8 Å². The molecule has 1 amide bonds. The van der Waals surface area contributed by atoms with E-state index < -0.39 is 5.82 Å². The largest absolute Gasteiger partial charge is 0.496 e. The van der Waals surface area contributed by atoms with E-state index in [1.807, 2.05) is 30.5 Å². The van der Waals surface area contributed by atoms with E-state index in [1.54, 1.807) is 25.3 Å². The normalized spacial score (nSPS) is 10.5. The Labute approximate surface area is 167 Å². The van der Waals surface area contributed by atoms with Gasteiger partial charge < -0.3 is 14.8 Å². The molecule has 7 heteroatoms. The van der Waals surface area contributed by atoms with E-state index in [-0.39, 0.29) is 24.7 Å². The van der Waals surface area contributed by atoms with Gasteiger partial charge in [-0.05, 0) is 37.6 Å². The number of halogens is 1. The van der Waals surface area contributed by atoms with Gasteiger partial charge in [0.2, 0.25) is 5.91 Å². The summed E-state index contributed by atoms with van der Waals surface area (Å²) < 4.78 is 24.2. The Morgan fingerprint density at radius 2 is 2.04 bits per heavy atom. The summed E-state index contributed by atoms with van der Waals surface area (Å²) in [7, 11) is 1.62. The quantitative estimate of drug-likeness (QED) is 0.537. The summed E-state index contributed by atoms with van der Waals surface area (Å²) in [5.41, 5.74) is 2.74. The highest BCUT2D eigenvalue weighted by Crippen LogP contribution is 2.33. The predicted molar refractivity (Wildman–Crippen MR) is 109 cm³/mol. The Bertz CT molecular complexity index is 958. The lowest BCUT2D eigenvalue weighted by Gasteiger charge is -2.07. The number of thiazole rings is 1. The smallest absolute Gasteiger partial charge is 0.226 e. The van der Waals surface area contributed by atoms with Gasteiger partial charge in [0, 0.05) is 17.4 Å². The Balaban J connectivity index is 1.52. The summed E-state index contributed by atoms with van der Waals surface area (Å²) >= 11 is 1.36. The van der Waals surface area contributed by atoms with Crippen LogP contribution in [0.2, 0.25) is 0 Å². The third-order valence-electron chi connectivity index (χ3n) is 4.02. The van der Waals surface area contributed by atoms with Crippen molar-refractivity contribution in [2.24, 2.45) is 0 Å². The van der Waals surface area contributed by atoms with Crippen molar-refractivity contribution in [2.45, 2.75) is 19.8 Å². The molecule has 0 aliphatic carbocycles. The van der Waals surface area contributed by atoms with E-state index >= 15 is 0 Å². The summed E-state index contributed by atoms with van der Waals surface area (Å²) in [5.74, 6) is 0.363. The summed E-state index contributed by atoms with van der Waals surface area (Å²) in [5, 5.41) is 5.20. The van der Waals surface area contributed by atoms with Crippen molar-refractivity contribution in [2.75, 3.05) is 19.0 Å². The number of ether oxygens (including phenoxy) is 2. The molecule has 1 heterocycles. The second-order valence-electron chi connectivity index (χ2n) is 6.17. The number of rotatable bonds is 8. The first-order valence-electron chi connectivity index (χ1n) is 8.84. The van der Waals surface area contributed by atoms with Gasteiger partial charge in [-0.25, -0.2) is 9.37 Å². The van der Waals surface area contributed by atoms with Gasteiger partial charge in [-0.3, -0.25) is 4.79 Å². The molecule has 146 valence electrons. The van der Waals surface area contributed by atoms with Crippen LogP contribution >= 0.6 is 11.3 Å². The molecule has 3 rings (SSSR count). The van der Waals surface area contributed by atoms with Crippen LogP contribution in [0.4, 0.5) is 9.52 Å². The number of carbonyl (C=O) groups excluding carboxylic acids is 1. The van der Waals surface area contributed by atoms with Crippen LogP contribution in [0.5, 0.6) is 11.5 Å². The fraction of sp³-hybridized carbons (Fsp3) is 0.238. The van der Waals surface area contributed by atoms with Crippen molar-refractivity contribution in [3.63, 3.8) is 0 Å². The van der Waals surface area contributed by atoms with Gasteiger partial charge in [0.15, 0.2) is 16.7 Å². The number of aromatic nitrogens is 1. The highest BCUT2D eigenvalue weighted by atomic mass is 32.1. The van der Waals surface area contributed by atoms with Crippen LogP contribution in [-0.2, 0) is 4.79 Å². The van der Waals surface area contributed by atoms with Crippen molar-refractivity contribution in [3.05, 3.63) is 59.2 Å². The maximum Gasteiger partial charge on any atom is 0.226 e. The van der Waals surface area contributed by atoms with E-state index in [9.17, 15) is 9.18 Å². The van der Waals surface area contributed by atoms with Crippen molar-refractivity contribution >= 4 is 22.4 Å². The minimum absolute atomic E-state index is 0.158. The monoisotopic (exact) mass is 400 g/mol. The van der Waals surface area contributed by atoms with Crippen molar-refractivity contribution < 1.29 is 18.7 Å². The molecule has 0 saturated heterocycles. The molecule has 0 aliphatic rings. The first-order chi connectivity index (χ1) is 13.6. The van der Waals surface area contributed by atoms with Crippen molar-refractivity contribution in [1.29, 1.82) is 0 Å². The number of benzene rings is 2. The molecule has 0 bridgehead atoms. The molecule has 0 spiro atoms. The summed E-state index contributed by atoms with van der Waals surface area (Å²) in [6, 6.07) is 12.1. The Morgan fingerprint density at radius 3 is 2.82 bits per heavy atom. The van der Waals surface area contributed by atoms with Crippen LogP contribution in [0.1, 0.15) is 18.4 Å². The Morgan fingerprint density at radius 1 is 1.21 bits per heavy atom. The second-order valence-corrected chi connectivity index (χ2v) is 7.03. The molecule has 0 radical (unpaired) electrons. The van der Waals surface area contributed by atoms with Gasteiger partial charge in [0.1, 0.15) is 5.75 Å². The fourth-order valence-corrected chi connectivity index (χ4v) is 3.36. The first-order valence-corrected chi connectivity index (χ1v) is 9.72. The maximum atomic E-state index is 13.5. The molecule has 0 aliphatic heterocycles. The summed E-state index contributed by atoms with van der Waals surface area (Å²) in [6.07, 6.45) is 0.737. The Hall–Kier alpha value is -2.93. The number of anilines is 1. The summed E-state index contributed by atoms with van der Waals surface area (Å²) in [6.45, 7) is 2.26. The van der Waals surface area contributed by atoms with Crippen LogP contribution in [0.3, 0.4) is 0 Å². The van der Waals surface area contributed by atoms with E-state index in [2.05, 4.69) is 10.3 Å². The van der Waals surface area contributed by atoms with Gasteiger partial charge in [0.25, 0.3) is 0 Å². The van der Waals surface area contributed by atoms with Crippen molar-refractivity contribution in [1.82, 2.24) is 4.98 Å². The molecule has 0 unspecified atom stereocenters. The zero-order chi connectivity index (χ0) is 19.9. The molecular formula is C21H21FN2O3S. The molecule has 5 nitrogen and oxygen atoms in total. The number of aryl methyl sites for hydroxylation is 1. The van der Waals surface area contributed by atoms with Gasteiger partial charge in [-0.1, -0.05) is 23.8 Å². The second kappa shape index (κ2) is 9.32. The fourth-order valence-electron chi connectivity index (χ4n) is 2.64. The molecule has 1 aromatic heterocycles. The average Bonchev–Trinajstić information content (AvgIpc) is 3.14. The van der Waals surface area contributed by atoms with Crippen LogP contribution in [0, 0.1) is 12.7 Å². The van der Waals surface area contributed by atoms with E-state index in [0.29, 0.717) is 11.6 Å². The highest BCUT2D eigenvalue weighted by molar-refractivity contribution is 7.14. The van der Waals surface area contributed by atoms with Gasteiger partial charge in [-0.2, -0.15) is 0 Å².